The Morgan fingerprint density at radius 1 is 1.40 bits per heavy atom. The number of aromatic nitrogens is 2. The van der Waals surface area contributed by atoms with Crippen LogP contribution in [0.25, 0.3) is 0 Å². The van der Waals surface area contributed by atoms with Crippen LogP contribution in [0.4, 0.5) is 0 Å². The first-order valence-electron chi connectivity index (χ1n) is 6.16. The van der Waals surface area contributed by atoms with Crippen LogP contribution in [0.15, 0.2) is 4.90 Å². The van der Waals surface area contributed by atoms with Crippen molar-refractivity contribution in [1.82, 2.24) is 10.2 Å². The second-order valence-electron chi connectivity index (χ2n) is 4.33. The molecule has 0 saturated carbocycles. The highest BCUT2D eigenvalue weighted by atomic mass is 32.2. The van der Waals surface area contributed by atoms with Crippen molar-refractivity contribution in [1.29, 1.82) is 0 Å². The van der Waals surface area contributed by atoms with Crippen LogP contribution in [0.1, 0.15) is 37.0 Å². The summed E-state index contributed by atoms with van der Waals surface area (Å²) < 4.78 is 33.1. The lowest BCUT2D eigenvalue weighted by molar-refractivity contribution is 0.0170. The van der Waals surface area contributed by atoms with E-state index in [2.05, 4.69) is 10.2 Å². The van der Waals surface area contributed by atoms with Crippen molar-refractivity contribution in [2.45, 2.75) is 38.2 Å². The summed E-state index contributed by atoms with van der Waals surface area (Å²) in [7, 11) is -4.05. The molecule has 9 heteroatoms. The maximum Gasteiger partial charge on any atom is 0.360 e. The Balaban J connectivity index is 2.81. The molecule has 114 valence electrons. The molecule has 8 nitrogen and oxygen atoms in total. The molecule has 1 rings (SSSR count). The number of aryl methyl sites for hydroxylation is 1. The van der Waals surface area contributed by atoms with Crippen LogP contribution in [-0.4, -0.2) is 43.9 Å². The summed E-state index contributed by atoms with van der Waals surface area (Å²) in [5.74, 6) is -0.850. The van der Waals surface area contributed by atoms with Gasteiger partial charge in [-0.15, -0.1) is 0 Å². The normalized spacial score (nSPS) is 11.8. The molecule has 1 aromatic rings. The molecule has 20 heavy (non-hydrogen) atoms. The number of carbonyl (C=O) groups excluding carboxylic acids is 1. The Kier molecular flexibility index (Phi) is 5.66. The van der Waals surface area contributed by atoms with Crippen molar-refractivity contribution in [3.63, 3.8) is 0 Å². The summed E-state index contributed by atoms with van der Waals surface area (Å²) in [6.07, 6.45) is 0.369. The predicted molar refractivity (Wildman–Crippen MR) is 70.7 cm³/mol. The lowest BCUT2D eigenvalue weighted by Crippen LogP contribution is -2.19. The van der Waals surface area contributed by atoms with Gasteiger partial charge in [-0.2, -0.15) is 5.10 Å². The largest absolute Gasteiger partial charge is 0.458 e. The van der Waals surface area contributed by atoms with Gasteiger partial charge in [-0.25, -0.2) is 18.4 Å². The third kappa shape index (κ3) is 4.29. The fourth-order valence-electron chi connectivity index (χ4n) is 1.54. The Hall–Kier alpha value is -1.45. The topological polar surface area (TPSA) is 124 Å². The molecule has 0 spiro atoms. The fraction of sp³-hybridized carbons (Fsp3) is 0.636. The van der Waals surface area contributed by atoms with Crippen LogP contribution in [0.5, 0.6) is 0 Å². The molecule has 0 aromatic carbocycles. The maximum atomic E-state index is 11.8. The zero-order valence-corrected chi connectivity index (χ0v) is 12.5. The van der Waals surface area contributed by atoms with E-state index in [1.165, 1.54) is 0 Å². The van der Waals surface area contributed by atoms with Gasteiger partial charge >= 0.3 is 5.97 Å². The summed E-state index contributed by atoms with van der Waals surface area (Å²) in [4.78, 5) is 11.5. The fourth-order valence-corrected chi connectivity index (χ4v) is 2.47. The second kappa shape index (κ2) is 6.82. The van der Waals surface area contributed by atoms with Gasteiger partial charge in [-0.05, 0) is 20.3 Å². The zero-order chi connectivity index (χ0) is 15.3. The molecule has 1 heterocycles. The van der Waals surface area contributed by atoms with Gasteiger partial charge in [0.25, 0.3) is 0 Å². The number of aromatic amines is 1. The van der Waals surface area contributed by atoms with Crippen LogP contribution in [0, 0.1) is 0 Å². The predicted octanol–water partition coefficient (Wildman–Crippen LogP) is 0.201. The monoisotopic (exact) mass is 305 g/mol. The summed E-state index contributed by atoms with van der Waals surface area (Å²) in [6, 6.07) is 0. The molecule has 0 fully saturated rings. The number of H-pyrrole nitrogens is 1. The van der Waals surface area contributed by atoms with Crippen molar-refractivity contribution < 1.29 is 22.7 Å². The minimum atomic E-state index is -4.05. The SMILES string of the molecule is CCc1[nH]nc(C(=O)OCCOC(C)C)c1S(N)(=O)=O. The molecule has 1 aromatic heterocycles. The smallest absolute Gasteiger partial charge is 0.360 e. The second-order valence-corrected chi connectivity index (χ2v) is 5.83. The number of sulfonamides is 1. The van der Waals surface area contributed by atoms with E-state index in [9.17, 15) is 13.2 Å². The number of hydrogen-bond acceptors (Lipinski definition) is 6. The minimum Gasteiger partial charge on any atom is -0.458 e. The van der Waals surface area contributed by atoms with Gasteiger partial charge < -0.3 is 9.47 Å². The van der Waals surface area contributed by atoms with Gasteiger partial charge in [-0.3, -0.25) is 5.10 Å². The minimum absolute atomic E-state index is 0.00932. The van der Waals surface area contributed by atoms with Gasteiger partial charge in [-0.1, -0.05) is 6.92 Å². The molecule has 0 atom stereocenters. The number of hydrogen-bond donors (Lipinski definition) is 2. The Labute approximate surface area is 117 Å². The molecular formula is C11H19N3O5S. The van der Waals surface area contributed by atoms with E-state index in [-0.39, 0.29) is 35.6 Å². The number of carbonyl (C=O) groups is 1. The molecule has 3 N–H and O–H groups in total. The van der Waals surface area contributed by atoms with E-state index in [0.29, 0.717) is 6.42 Å². The molecule has 0 aliphatic carbocycles. The standard InChI is InChI=1S/C11H19N3O5S/c1-4-8-10(20(12,16)17)9(14-13-8)11(15)19-6-5-18-7(2)3/h7H,4-6H2,1-3H3,(H,13,14)(H2,12,16,17). The van der Waals surface area contributed by atoms with Crippen molar-refractivity contribution in [2.24, 2.45) is 5.14 Å². The van der Waals surface area contributed by atoms with Crippen LogP contribution in [0.2, 0.25) is 0 Å². The van der Waals surface area contributed by atoms with E-state index in [0.717, 1.165) is 0 Å². The van der Waals surface area contributed by atoms with Crippen molar-refractivity contribution >= 4 is 16.0 Å². The van der Waals surface area contributed by atoms with Crippen molar-refractivity contribution in [2.75, 3.05) is 13.2 Å². The Morgan fingerprint density at radius 2 is 2.05 bits per heavy atom. The molecule has 0 amide bonds. The molecule has 0 aliphatic heterocycles. The van der Waals surface area contributed by atoms with Crippen LogP contribution >= 0.6 is 0 Å². The molecule has 0 bridgehead atoms. The van der Waals surface area contributed by atoms with Gasteiger partial charge in [0.2, 0.25) is 10.0 Å². The zero-order valence-electron chi connectivity index (χ0n) is 11.7. The summed E-state index contributed by atoms with van der Waals surface area (Å²) in [6.45, 7) is 5.65. The maximum absolute atomic E-state index is 11.8. The van der Waals surface area contributed by atoms with E-state index < -0.39 is 16.0 Å². The Bertz CT molecular complexity index is 565. The molecule has 0 aliphatic rings. The lowest BCUT2D eigenvalue weighted by Gasteiger charge is -2.08. The van der Waals surface area contributed by atoms with Gasteiger partial charge in [0.05, 0.1) is 18.4 Å². The lowest BCUT2D eigenvalue weighted by atomic mass is 10.3. The number of nitrogens with two attached hydrogens (primary N) is 1. The molecule has 0 saturated heterocycles. The number of nitrogens with zero attached hydrogens (tertiary/aromatic N) is 1. The highest BCUT2D eigenvalue weighted by Gasteiger charge is 2.27. The molecular weight excluding hydrogens is 286 g/mol. The van der Waals surface area contributed by atoms with E-state index in [1.807, 2.05) is 13.8 Å². The van der Waals surface area contributed by atoms with Crippen LogP contribution in [0.3, 0.4) is 0 Å². The van der Waals surface area contributed by atoms with Crippen molar-refractivity contribution in [3.8, 4) is 0 Å². The average Bonchev–Trinajstić information content (AvgIpc) is 2.77. The number of esters is 1. The van der Waals surface area contributed by atoms with E-state index >= 15 is 0 Å². The van der Waals surface area contributed by atoms with Crippen LogP contribution in [-0.2, 0) is 25.9 Å². The van der Waals surface area contributed by atoms with E-state index in [4.69, 9.17) is 14.6 Å². The first-order chi connectivity index (χ1) is 9.27. The summed E-state index contributed by atoms with van der Waals surface area (Å²) in [5, 5.41) is 11.2. The third-order valence-electron chi connectivity index (χ3n) is 2.39. The third-order valence-corrected chi connectivity index (χ3v) is 3.40. The first kappa shape index (κ1) is 16.6. The van der Waals surface area contributed by atoms with Gasteiger partial charge in [0, 0.05) is 0 Å². The highest BCUT2D eigenvalue weighted by Crippen LogP contribution is 2.18. The number of ether oxygens (including phenoxy) is 2. The van der Waals surface area contributed by atoms with Gasteiger partial charge in [0.15, 0.2) is 5.69 Å². The Morgan fingerprint density at radius 3 is 2.55 bits per heavy atom. The first-order valence-corrected chi connectivity index (χ1v) is 7.70. The number of rotatable bonds is 7. The number of primary sulfonamides is 1. The van der Waals surface area contributed by atoms with Crippen LogP contribution < -0.4 is 5.14 Å². The number of nitrogens with one attached hydrogen (secondary N) is 1. The quantitative estimate of drug-likeness (QED) is 0.547. The summed E-state index contributed by atoms with van der Waals surface area (Å²) >= 11 is 0. The van der Waals surface area contributed by atoms with Gasteiger partial charge in [0.1, 0.15) is 11.5 Å². The molecule has 0 unspecified atom stereocenters. The molecule has 0 radical (unpaired) electrons. The average molecular weight is 305 g/mol. The highest BCUT2D eigenvalue weighted by molar-refractivity contribution is 7.89. The van der Waals surface area contributed by atoms with E-state index in [1.54, 1.807) is 6.92 Å². The summed E-state index contributed by atoms with van der Waals surface area (Å²) in [5.41, 5.74) is -0.0493. The van der Waals surface area contributed by atoms with Crippen molar-refractivity contribution in [3.05, 3.63) is 11.4 Å².